The Morgan fingerprint density at radius 3 is 2.71 bits per heavy atom. The van der Waals surface area contributed by atoms with E-state index in [4.69, 9.17) is 0 Å². The third-order valence-corrected chi connectivity index (χ3v) is 5.81. The third-order valence-electron chi connectivity index (χ3n) is 5.81. The number of guanidine groups is 1. The molecule has 1 aliphatic heterocycles. The number of carbonyl (C=O) groups is 1. The van der Waals surface area contributed by atoms with Gasteiger partial charge in [-0.05, 0) is 38.2 Å². The van der Waals surface area contributed by atoms with Crippen LogP contribution in [-0.2, 0) is 11.2 Å². The Morgan fingerprint density at radius 1 is 1.21 bits per heavy atom. The Balaban J connectivity index is 0.00000280. The monoisotopic (exact) mass is 498 g/mol. The normalized spacial score (nSPS) is 20.6. The van der Waals surface area contributed by atoms with Crippen LogP contribution in [0.25, 0.3) is 0 Å². The van der Waals surface area contributed by atoms with Crippen LogP contribution in [0, 0.1) is 12.8 Å². The number of halogens is 1. The molecule has 1 aromatic rings. The number of aliphatic imine (C=N–C) groups is 1. The zero-order valence-corrected chi connectivity index (χ0v) is 19.6. The van der Waals surface area contributed by atoms with Crippen LogP contribution < -0.4 is 10.6 Å². The summed E-state index contributed by atoms with van der Waals surface area (Å²) in [5, 5.41) is 6.90. The predicted molar refractivity (Wildman–Crippen MR) is 126 cm³/mol. The predicted octanol–water partition coefficient (Wildman–Crippen LogP) is 3.50. The van der Waals surface area contributed by atoms with Crippen molar-refractivity contribution in [3.05, 3.63) is 35.4 Å². The van der Waals surface area contributed by atoms with Crippen molar-refractivity contribution < 1.29 is 4.79 Å². The van der Waals surface area contributed by atoms with Crippen molar-refractivity contribution in [2.45, 2.75) is 57.9 Å². The fraction of sp³-hybridized carbons (Fsp3) is 0.636. The maximum Gasteiger partial charge on any atom is 0.225 e. The maximum atomic E-state index is 12.7. The van der Waals surface area contributed by atoms with Gasteiger partial charge in [-0.2, -0.15) is 0 Å². The minimum Gasteiger partial charge on any atom is -0.356 e. The summed E-state index contributed by atoms with van der Waals surface area (Å²) in [4.78, 5) is 19.1. The van der Waals surface area contributed by atoms with Gasteiger partial charge >= 0.3 is 0 Å². The number of hydrogen-bond acceptors (Lipinski definition) is 2. The lowest BCUT2D eigenvalue weighted by molar-refractivity contribution is -0.135. The molecule has 0 aromatic heterocycles. The lowest BCUT2D eigenvalue weighted by Gasteiger charge is -2.26. The highest BCUT2D eigenvalue weighted by Gasteiger charge is 2.31. The van der Waals surface area contributed by atoms with Gasteiger partial charge in [0.2, 0.25) is 5.91 Å². The lowest BCUT2D eigenvalue weighted by atomic mass is 9.88. The summed E-state index contributed by atoms with van der Waals surface area (Å²) in [7, 11) is 1.81. The van der Waals surface area contributed by atoms with Crippen molar-refractivity contribution in [3.63, 3.8) is 0 Å². The molecular weight excluding hydrogens is 463 g/mol. The van der Waals surface area contributed by atoms with E-state index in [1.54, 1.807) is 0 Å². The largest absolute Gasteiger partial charge is 0.356 e. The number of hydrogen-bond donors (Lipinski definition) is 2. The Kier molecular flexibility index (Phi) is 9.55. The molecule has 0 spiro atoms. The minimum absolute atomic E-state index is 0. The first-order valence-corrected chi connectivity index (χ1v) is 10.5. The molecule has 28 heavy (non-hydrogen) atoms. The molecule has 5 nitrogen and oxygen atoms in total. The minimum atomic E-state index is 0. The number of nitrogens with zero attached hydrogens (tertiary/aromatic N) is 2. The summed E-state index contributed by atoms with van der Waals surface area (Å²) in [6, 6.07) is 8.91. The standard InChI is InChI=1S/C22H34N4O.HI/c1-17-7-6-8-18(15-17)11-13-24-22(23-2)25-20-12-14-26(16-20)21(27)19-9-4-3-5-10-19;/h6-8,15,19-20H,3-5,9-14,16H2,1-2H3,(H2,23,24,25);1H. The molecule has 1 aliphatic carbocycles. The average molecular weight is 498 g/mol. The lowest BCUT2D eigenvalue weighted by Crippen LogP contribution is -2.46. The Morgan fingerprint density at radius 2 is 2.00 bits per heavy atom. The van der Waals surface area contributed by atoms with Gasteiger partial charge < -0.3 is 15.5 Å². The van der Waals surface area contributed by atoms with Gasteiger partial charge in [0, 0.05) is 38.6 Å². The second kappa shape index (κ2) is 11.6. The van der Waals surface area contributed by atoms with Crippen LogP contribution in [0.1, 0.15) is 49.7 Å². The number of aryl methyl sites for hydroxylation is 1. The number of rotatable bonds is 5. The first kappa shape index (κ1) is 23.0. The van der Waals surface area contributed by atoms with Crippen molar-refractivity contribution in [1.29, 1.82) is 0 Å². The molecule has 2 fully saturated rings. The van der Waals surface area contributed by atoms with Crippen LogP contribution in [0.3, 0.4) is 0 Å². The van der Waals surface area contributed by atoms with Gasteiger partial charge in [-0.1, -0.05) is 49.1 Å². The van der Waals surface area contributed by atoms with Crippen LogP contribution in [0.4, 0.5) is 0 Å². The van der Waals surface area contributed by atoms with E-state index in [1.165, 1.54) is 30.4 Å². The number of benzene rings is 1. The van der Waals surface area contributed by atoms with Crippen LogP contribution in [0.15, 0.2) is 29.3 Å². The molecule has 1 heterocycles. The summed E-state index contributed by atoms with van der Waals surface area (Å²) in [5.41, 5.74) is 2.63. The fourth-order valence-corrected chi connectivity index (χ4v) is 4.27. The highest BCUT2D eigenvalue weighted by molar-refractivity contribution is 14.0. The second-order valence-corrected chi connectivity index (χ2v) is 7.99. The van der Waals surface area contributed by atoms with E-state index in [2.05, 4.69) is 51.7 Å². The van der Waals surface area contributed by atoms with Gasteiger partial charge in [0.15, 0.2) is 5.96 Å². The van der Waals surface area contributed by atoms with E-state index in [1.807, 2.05) is 7.05 Å². The van der Waals surface area contributed by atoms with E-state index in [-0.39, 0.29) is 29.9 Å². The summed E-state index contributed by atoms with van der Waals surface area (Å²) < 4.78 is 0. The molecule has 1 saturated carbocycles. The molecule has 1 atom stereocenters. The van der Waals surface area contributed by atoms with Gasteiger partial charge in [-0.3, -0.25) is 9.79 Å². The third kappa shape index (κ3) is 6.64. The molecule has 1 aromatic carbocycles. The quantitative estimate of drug-likeness (QED) is 0.371. The SMILES string of the molecule is CN=C(NCCc1cccc(C)c1)NC1CCN(C(=O)C2CCCCC2)C1.I. The average Bonchev–Trinajstić information content (AvgIpc) is 3.16. The van der Waals surface area contributed by atoms with Gasteiger partial charge in [-0.25, -0.2) is 0 Å². The molecule has 1 unspecified atom stereocenters. The van der Waals surface area contributed by atoms with Crippen LogP contribution in [-0.4, -0.2) is 49.5 Å². The van der Waals surface area contributed by atoms with Crippen molar-refractivity contribution >= 4 is 35.8 Å². The number of nitrogens with one attached hydrogen (secondary N) is 2. The first-order valence-electron chi connectivity index (χ1n) is 10.5. The fourth-order valence-electron chi connectivity index (χ4n) is 4.27. The van der Waals surface area contributed by atoms with E-state index < -0.39 is 0 Å². The molecule has 0 radical (unpaired) electrons. The zero-order chi connectivity index (χ0) is 19.1. The smallest absolute Gasteiger partial charge is 0.225 e. The zero-order valence-electron chi connectivity index (χ0n) is 17.2. The molecule has 2 aliphatic rings. The summed E-state index contributed by atoms with van der Waals surface area (Å²) in [6.07, 6.45) is 7.84. The second-order valence-electron chi connectivity index (χ2n) is 7.99. The molecule has 1 saturated heterocycles. The van der Waals surface area contributed by atoms with Gasteiger partial charge in [-0.15, -0.1) is 24.0 Å². The maximum absolute atomic E-state index is 12.7. The highest BCUT2D eigenvalue weighted by atomic mass is 127. The summed E-state index contributed by atoms with van der Waals surface area (Å²) in [5.74, 6) is 1.48. The van der Waals surface area contributed by atoms with E-state index in [0.717, 1.165) is 51.3 Å². The molecule has 6 heteroatoms. The summed E-state index contributed by atoms with van der Waals surface area (Å²) in [6.45, 7) is 4.64. The summed E-state index contributed by atoms with van der Waals surface area (Å²) >= 11 is 0. The number of amides is 1. The Labute approximate surface area is 186 Å². The van der Waals surface area contributed by atoms with Crippen LogP contribution in [0.5, 0.6) is 0 Å². The van der Waals surface area contributed by atoms with Gasteiger partial charge in [0.25, 0.3) is 0 Å². The molecule has 0 bridgehead atoms. The molecule has 3 rings (SSSR count). The molecule has 156 valence electrons. The number of likely N-dealkylation sites (tertiary alicyclic amines) is 1. The molecule has 1 amide bonds. The van der Waals surface area contributed by atoms with Crippen molar-refractivity contribution in [2.75, 3.05) is 26.7 Å². The highest BCUT2D eigenvalue weighted by Crippen LogP contribution is 2.26. The first-order chi connectivity index (χ1) is 13.2. The van der Waals surface area contributed by atoms with E-state index in [9.17, 15) is 4.79 Å². The van der Waals surface area contributed by atoms with Crippen molar-refractivity contribution in [3.8, 4) is 0 Å². The van der Waals surface area contributed by atoms with E-state index in [0.29, 0.717) is 11.9 Å². The molecule has 2 N–H and O–H groups in total. The van der Waals surface area contributed by atoms with Crippen molar-refractivity contribution in [1.82, 2.24) is 15.5 Å². The van der Waals surface area contributed by atoms with Crippen molar-refractivity contribution in [2.24, 2.45) is 10.9 Å². The van der Waals surface area contributed by atoms with Crippen LogP contribution >= 0.6 is 24.0 Å². The number of carbonyl (C=O) groups excluding carboxylic acids is 1. The van der Waals surface area contributed by atoms with Gasteiger partial charge in [0.05, 0.1) is 0 Å². The topological polar surface area (TPSA) is 56.7 Å². The Hall–Kier alpha value is -1.31. The molecular formula is C22H35IN4O. The Bertz CT molecular complexity index is 658. The van der Waals surface area contributed by atoms with Crippen LogP contribution in [0.2, 0.25) is 0 Å². The van der Waals surface area contributed by atoms with Gasteiger partial charge in [0.1, 0.15) is 0 Å². The van der Waals surface area contributed by atoms with E-state index >= 15 is 0 Å².